The summed E-state index contributed by atoms with van der Waals surface area (Å²) in [5.74, 6) is -0.641. The predicted octanol–water partition coefficient (Wildman–Crippen LogP) is 7.57. The van der Waals surface area contributed by atoms with E-state index in [2.05, 4.69) is 58.8 Å². The van der Waals surface area contributed by atoms with E-state index in [-0.39, 0.29) is 36.8 Å². The van der Waals surface area contributed by atoms with Crippen molar-refractivity contribution in [1.82, 2.24) is 40.4 Å². The number of nitrogens with one attached hydrogen (secondary N) is 3. The van der Waals surface area contributed by atoms with Gasteiger partial charge in [-0.05, 0) is 66.3 Å². The van der Waals surface area contributed by atoms with Gasteiger partial charge in [0.25, 0.3) is 0 Å². The third-order valence-electron chi connectivity index (χ3n) is 14.3. The summed E-state index contributed by atoms with van der Waals surface area (Å²) in [6, 6.07) is 25.0. The van der Waals surface area contributed by atoms with Crippen LogP contribution in [0.15, 0.2) is 78.9 Å². The topological polar surface area (TPSA) is 248 Å². The number of hydrogen-bond acceptors (Lipinski definition) is 11. The molecule has 2 unspecified atom stereocenters. The van der Waals surface area contributed by atoms with Gasteiger partial charge in [-0.2, -0.15) is 0 Å². The molecule has 80 heavy (non-hydrogen) atoms. The molecule has 4 aliphatic heterocycles. The first-order valence-corrected chi connectivity index (χ1v) is 29.3. The maximum Gasteiger partial charge on any atom is 0.472 e. The van der Waals surface area contributed by atoms with Crippen LogP contribution in [-0.2, 0) is 47.0 Å². The Morgan fingerprint density at radius 2 is 0.988 bits per heavy atom. The number of nitrogens with zero attached hydrogens (tertiary/aromatic N) is 5. The fraction of sp³-hybridized carbons (Fsp3) is 0.610. The van der Waals surface area contributed by atoms with Crippen LogP contribution in [0.4, 0.5) is 14.4 Å². The number of methoxy groups -OCH3 is 1. The Balaban J connectivity index is 0.000000300. The number of carbonyl (C=O) groups is 5. The molecule has 2 atom stereocenters. The van der Waals surface area contributed by atoms with Crippen LogP contribution in [0.5, 0.6) is 0 Å². The first-order valence-electron chi connectivity index (χ1n) is 29.3. The molecule has 0 radical (unpaired) electrons. The number of carbonyl (C=O) groups excluding carboxylic acids is 4. The Kier molecular flexibility index (Phi) is 34.7. The molecule has 4 heterocycles. The van der Waals surface area contributed by atoms with E-state index in [1.807, 2.05) is 59.5 Å². The molecule has 0 saturated carbocycles. The van der Waals surface area contributed by atoms with Crippen molar-refractivity contribution in [1.29, 1.82) is 0 Å². The molecule has 2 fully saturated rings. The molecule has 7 amide bonds. The summed E-state index contributed by atoms with van der Waals surface area (Å²) in [6.45, 7) is 10.6. The zero-order valence-electron chi connectivity index (χ0n) is 48.7. The van der Waals surface area contributed by atoms with Crippen LogP contribution in [0.3, 0.4) is 0 Å². The first-order chi connectivity index (χ1) is 38.6. The lowest BCUT2D eigenvalue weighted by Gasteiger charge is -2.31. The van der Waals surface area contributed by atoms with Crippen LogP contribution in [0, 0.1) is 0 Å². The lowest BCUT2D eigenvalue weighted by molar-refractivity contribution is -0.125. The van der Waals surface area contributed by atoms with Crippen molar-refractivity contribution in [3.63, 3.8) is 0 Å². The number of amides is 7. The molecule has 0 aromatic heterocycles. The third-order valence-corrected chi connectivity index (χ3v) is 14.3. The Morgan fingerprint density at radius 1 is 0.588 bits per heavy atom. The monoisotopic (exact) mass is 1110 g/mol. The molecule has 3 aromatic carbocycles. The minimum atomic E-state index is -1.60. The number of hydrogen-bond donors (Lipinski definition) is 8. The maximum absolute atomic E-state index is 13.4. The molecule has 21 heteroatoms. The van der Waals surface area contributed by atoms with Crippen molar-refractivity contribution in [2.75, 3.05) is 60.3 Å². The summed E-state index contributed by atoms with van der Waals surface area (Å²) in [5, 5.41) is 52.7. The molecule has 4 aliphatic rings. The molecule has 3 aromatic rings. The summed E-state index contributed by atoms with van der Waals surface area (Å²) < 4.78 is 4.25. The number of fused-ring (bicyclic) bond motifs is 2. The minimum absolute atomic E-state index is 0.114. The lowest BCUT2D eigenvalue weighted by Crippen LogP contribution is -2.52. The second-order valence-electron chi connectivity index (χ2n) is 21.0. The number of rotatable bonds is 24. The van der Waals surface area contributed by atoms with Gasteiger partial charge in [0, 0.05) is 80.2 Å². The quantitative estimate of drug-likeness (QED) is 0.0320. The molecule has 444 valence electrons. The molecule has 2 saturated heterocycles. The summed E-state index contributed by atoms with van der Waals surface area (Å²) in [5.41, 5.74) is 6.23. The molecule has 0 aliphatic carbocycles. The second-order valence-corrected chi connectivity index (χ2v) is 21.0. The van der Waals surface area contributed by atoms with Crippen LogP contribution >= 0.6 is 0 Å². The Morgan fingerprint density at radius 3 is 1.43 bits per heavy atom. The highest BCUT2D eigenvalue weighted by atomic mass is 16.5. The highest BCUT2D eigenvalue weighted by Gasteiger charge is 2.37. The number of benzene rings is 3. The van der Waals surface area contributed by atoms with Crippen LogP contribution in [0.2, 0.25) is 0 Å². The van der Waals surface area contributed by atoms with Gasteiger partial charge in [-0.25, -0.2) is 14.4 Å². The van der Waals surface area contributed by atoms with Gasteiger partial charge in [0.1, 0.15) is 12.1 Å². The van der Waals surface area contributed by atoms with E-state index in [0.717, 1.165) is 68.3 Å². The van der Waals surface area contributed by atoms with Crippen molar-refractivity contribution in [3.8, 4) is 0 Å². The van der Waals surface area contributed by atoms with Crippen molar-refractivity contribution >= 4 is 44.2 Å². The van der Waals surface area contributed by atoms with E-state index < -0.39 is 32.4 Å². The van der Waals surface area contributed by atoms with Crippen molar-refractivity contribution in [2.45, 2.75) is 174 Å². The average molecular weight is 1120 g/mol. The Hall–Kier alpha value is -5.70. The van der Waals surface area contributed by atoms with Gasteiger partial charge >= 0.3 is 32.4 Å². The van der Waals surface area contributed by atoms with Crippen molar-refractivity contribution in [3.05, 3.63) is 107 Å². The van der Waals surface area contributed by atoms with Gasteiger partial charge in [-0.15, -0.1) is 0 Å². The summed E-state index contributed by atoms with van der Waals surface area (Å²) >= 11 is 0. The Bertz CT molecular complexity index is 2170. The summed E-state index contributed by atoms with van der Waals surface area (Å²) in [4.78, 5) is 69.4. The number of unbranched alkanes of at least 4 members (excludes halogenated alkanes) is 12. The fourth-order valence-corrected chi connectivity index (χ4v) is 9.97. The molecular weight excluding hydrogens is 1020 g/mol. The number of ether oxygens (including phenoxy) is 1. The number of urea groups is 2. The van der Waals surface area contributed by atoms with Crippen LogP contribution < -0.4 is 16.0 Å². The van der Waals surface area contributed by atoms with Gasteiger partial charge < -0.3 is 65.5 Å². The van der Waals surface area contributed by atoms with E-state index in [0.29, 0.717) is 58.7 Å². The standard InChI is InChI=1S/C23H38BN3O4.C17H34BN3O4.C9H9NO2.C8H9N.C2H6O/c1-2-3-4-5-6-7-11-16-26(18-20-13-9-8-10-14-20)23(29)27-17-12-15-21(27)22(28)25-19-24(30)31;1-3-4-5-6-7-8-9-12-20(2)17(23)21-13-10-11-15(21)16(22)19-14-18(24)25;11-9(12)10-5-7-3-1-2-4-8(7)6-10;1-2-4-8-6-9-5-7(8)3-1;1-3-2/h8-10,13-14,21,30-31H,2-7,11-12,15-19H2,1H3,(H,25,28);15,24-25H,3-14H2,1-2H3,(H,19,22);1-4H,5-6H2,(H,11,12);1-4,9H,5-6H2;1-2H3. The molecule has 8 N–H and O–H groups in total. The van der Waals surface area contributed by atoms with E-state index in [1.165, 1.54) is 80.2 Å². The van der Waals surface area contributed by atoms with Gasteiger partial charge in [0.15, 0.2) is 0 Å². The minimum Gasteiger partial charge on any atom is -0.465 e. The molecule has 19 nitrogen and oxygen atoms in total. The lowest BCUT2D eigenvalue weighted by atomic mass is 9.92. The average Bonchev–Trinajstić information content (AvgIpc) is 4.35. The second kappa shape index (κ2) is 40.5. The normalized spacial score (nSPS) is 15.5. The summed E-state index contributed by atoms with van der Waals surface area (Å²) in [6.07, 6.45) is 18.2. The molecule has 0 bridgehead atoms. The third kappa shape index (κ3) is 26.3. The zero-order valence-corrected chi connectivity index (χ0v) is 48.7. The highest BCUT2D eigenvalue weighted by Crippen LogP contribution is 2.24. The van der Waals surface area contributed by atoms with E-state index in [4.69, 9.17) is 25.2 Å². The zero-order chi connectivity index (χ0) is 58.5. The highest BCUT2D eigenvalue weighted by molar-refractivity contribution is 6.42. The van der Waals surface area contributed by atoms with Crippen LogP contribution in [0.1, 0.15) is 157 Å². The van der Waals surface area contributed by atoms with Gasteiger partial charge in [-0.3, -0.25) is 14.5 Å². The molecule has 7 rings (SSSR count). The summed E-state index contributed by atoms with van der Waals surface area (Å²) in [7, 11) is 1.86. The van der Waals surface area contributed by atoms with Crippen LogP contribution in [-0.4, -0.2) is 166 Å². The Labute approximate surface area is 478 Å². The largest absolute Gasteiger partial charge is 0.472 e. The number of likely N-dealkylation sites (tertiary alicyclic amines) is 2. The smallest absolute Gasteiger partial charge is 0.465 e. The maximum atomic E-state index is 13.4. The fourth-order valence-electron chi connectivity index (χ4n) is 9.97. The van der Waals surface area contributed by atoms with Crippen LogP contribution in [0.25, 0.3) is 0 Å². The van der Waals surface area contributed by atoms with Crippen molar-refractivity contribution in [2.24, 2.45) is 0 Å². The van der Waals surface area contributed by atoms with Gasteiger partial charge in [0.2, 0.25) is 11.8 Å². The van der Waals surface area contributed by atoms with Crippen molar-refractivity contribution < 1.29 is 53.9 Å². The first kappa shape index (κ1) is 68.6. The predicted molar refractivity (Wildman–Crippen MR) is 316 cm³/mol. The SMILES string of the molecule is CCCCCCCCCN(C)C(=O)N1CCCC1C(=O)NCB(O)O.CCCCCCCCCN(Cc1ccccc1)C(=O)N1CCCC1C(=O)NCB(O)O.COC.O=C(O)N1Cc2ccccc2C1.c1ccc2c(c1)CNC2. The van der Waals surface area contributed by atoms with E-state index >= 15 is 0 Å². The van der Waals surface area contributed by atoms with E-state index in [1.54, 1.807) is 36.0 Å². The van der Waals surface area contributed by atoms with E-state index in [9.17, 15) is 24.0 Å². The van der Waals surface area contributed by atoms with Gasteiger partial charge in [-0.1, -0.05) is 170 Å². The molecular formula is C59H96B2N8O11. The number of carboxylic acid groups (broad SMARTS) is 1. The molecule has 0 spiro atoms. The van der Waals surface area contributed by atoms with Gasteiger partial charge in [0.05, 0.1) is 12.9 Å².